The summed E-state index contributed by atoms with van der Waals surface area (Å²) in [5, 5.41) is 10.7. The number of thioether (sulfide) groups is 1. The van der Waals surface area contributed by atoms with Crippen molar-refractivity contribution in [2.24, 2.45) is 0 Å². The van der Waals surface area contributed by atoms with Gasteiger partial charge in [-0.3, -0.25) is 4.79 Å². The smallest absolute Gasteiger partial charge is 0.277 e. The molecule has 0 bridgehead atoms. The molecule has 0 fully saturated rings. The van der Waals surface area contributed by atoms with Gasteiger partial charge in [-0.25, -0.2) is 0 Å². The standard InChI is InChI=1S/C18H17N3O5S/c1-10-13(5-6-23-10)17-20-21-18(26-17)27-11(2)16(22)19-12-3-4-14-15(9-12)25-8-7-24-14/h3-6,9,11H,7-8H2,1-2H3,(H,19,22)/t11-/m1/s1. The summed E-state index contributed by atoms with van der Waals surface area (Å²) in [7, 11) is 0. The van der Waals surface area contributed by atoms with Crippen LogP contribution in [0.2, 0.25) is 0 Å². The molecular weight excluding hydrogens is 370 g/mol. The fourth-order valence-electron chi connectivity index (χ4n) is 2.54. The maximum absolute atomic E-state index is 12.5. The third-order valence-corrected chi connectivity index (χ3v) is 4.89. The highest BCUT2D eigenvalue weighted by molar-refractivity contribution is 8.00. The van der Waals surface area contributed by atoms with E-state index in [1.807, 2.05) is 6.92 Å². The molecule has 0 saturated carbocycles. The Bertz CT molecular complexity index is 968. The van der Waals surface area contributed by atoms with Crippen LogP contribution in [0.5, 0.6) is 11.5 Å². The molecule has 0 unspecified atom stereocenters. The van der Waals surface area contributed by atoms with E-state index in [0.29, 0.717) is 47.3 Å². The fraction of sp³-hybridized carbons (Fsp3) is 0.278. The quantitative estimate of drug-likeness (QED) is 0.664. The van der Waals surface area contributed by atoms with E-state index >= 15 is 0 Å². The summed E-state index contributed by atoms with van der Waals surface area (Å²) in [5.74, 6) is 2.17. The Morgan fingerprint density at radius 3 is 2.78 bits per heavy atom. The number of ether oxygens (including phenoxy) is 2. The predicted octanol–water partition coefficient (Wildman–Crippen LogP) is 3.53. The molecule has 9 heteroatoms. The van der Waals surface area contributed by atoms with Gasteiger partial charge >= 0.3 is 0 Å². The minimum absolute atomic E-state index is 0.184. The normalized spacial score (nSPS) is 14.0. The van der Waals surface area contributed by atoms with Crippen LogP contribution < -0.4 is 14.8 Å². The highest BCUT2D eigenvalue weighted by atomic mass is 32.2. The molecule has 2 aromatic heterocycles. The van der Waals surface area contributed by atoms with E-state index in [1.54, 1.807) is 37.5 Å². The molecule has 1 N–H and O–H groups in total. The first-order chi connectivity index (χ1) is 13.1. The Labute approximate surface area is 159 Å². The third kappa shape index (κ3) is 3.77. The summed E-state index contributed by atoms with van der Waals surface area (Å²) in [6.07, 6.45) is 1.56. The average Bonchev–Trinajstić information content (AvgIpc) is 3.30. The third-order valence-electron chi connectivity index (χ3n) is 3.95. The minimum atomic E-state index is -0.433. The lowest BCUT2D eigenvalue weighted by Gasteiger charge is -2.19. The van der Waals surface area contributed by atoms with Gasteiger partial charge < -0.3 is 23.6 Å². The summed E-state index contributed by atoms with van der Waals surface area (Å²) < 4.78 is 21.9. The summed E-state index contributed by atoms with van der Waals surface area (Å²) in [6.45, 7) is 4.60. The van der Waals surface area contributed by atoms with Crippen molar-refractivity contribution in [1.29, 1.82) is 0 Å². The van der Waals surface area contributed by atoms with Gasteiger partial charge in [0.2, 0.25) is 5.91 Å². The first-order valence-corrected chi connectivity index (χ1v) is 9.23. The number of fused-ring (bicyclic) bond motifs is 1. The van der Waals surface area contributed by atoms with Gasteiger partial charge in [0.25, 0.3) is 11.1 Å². The second-order valence-electron chi connectivity index (χ2n) is 5.87. The molecule has 1 amide bonds. The van der Waals surface area contributed by atoms with E-state index in [0.717, 1.165) is 5.56 Å². The highest BCUT2D eigenvalue weighted by Crippen LogP contribution is 2.33. The second-order valence-corrected chi connectivity index (χ2v) is 7.16. The number of nitrogens with one attached hydrogen (secondary N) is 1. The zero-order chi connectivity index (χ0) is 18.8. The zero-order valence-corrected chi connectivity index (χ0v) is 15.5. The Balaban J connectivity index is 1.40. The molecule has 8 nitrogen and oxygen atoms in total. The molecule has 3 aromatic rings. The van der Waals surface area contributed by atoms with Crippen LogP contribution in [0.25, 0.3) is 11.5 Å². The van der Waals surface area contributed by atoms with Crippen LogP contribution in [0.4, 0.5) is 5.69 Å². The molecule has 0 aliphatic carbocycles. The van der Waals surface area contributed by atoms with E-state index in [9.17, 15) is 4.79 Å². The number of hydrogen-bond acceptors (Lipinski definition) is 8. The van der Waals surface area contributed by atoms with Crippen LogP contribution in [0, 0.1) is 6.92 Å². The Morgan fingerprint density at radius 2 is 2.00 bits per heavy atom. The summed E-state index contributed by atoms with van der Waals surface area (Å²) in [5.41, 5.74) is 1.37. The highest BCUT2D eigenvalue weighted by Gasteiger charge is 2.21. The van der Waals surface area contributed by atoms with Crippen molar-refractivity contribution < 1.29 is 23.1 Å². The lowest BCUT2D eigenvalue weighted by molar-refractivity contribution is -0.115. The van der Waals surface area contributed by atoms with Gasteiger partial charge in [0.05, 0.1) is 17.1 Å². The van der Waals surface area contributed by atoms with E-state index in [2.05, 4.69) is 15.5 Å². The van der Waals surface area contributed by atoms with Crippen LogP contribution >= 0.6 is 11.8 Å². The number of amides is 1. The lowest BCUT2D eigenvalue weighted by Crippen LogP contribution is -2.22. The van der Waals surface area contributed by atoms with Gasteiger partial charge in [-0.1, -0.05) is 11.8 Å². The number of aromatic nitrogens is 2. The van der Waals surface area contributed by atoms with Crippen LogP contribution in [0.3, 0.4) is 0 Å². The molecule has 0 radical (unpaired) electrons. The summed E-state index contributed by atoms with van der Waals surface area (Å²) in [6, 6.07) is 7.06. The van der Waals surface area contributed by atoms with Crippen molar-refractivity contribution >= 4 is 23.4 Å². The van der Waals surface area contributed by atoms with Crippen molar-refractivity contribution in [2.45, 2.75) is 24.3 Å². The number of rotatable bonds is 5. The Hall–Kier alpha value is -2.94. The van der Waals surface area contributed by atoms with Crippen molar-refractivity contribution in [2.75, 3.05) is 18.5 Å². The van der Waals surface area contributed by atoms with Gasteiger partial charge in [-0.15, -0.1) is 10.2 Å². The number of aryl methyl sites for hydroxylation is 1. The van der Waals surface area contributed by atoms with Crippen molar-refractivity contribution in [3.63, 3.8) is 0 Å². The Kier molecular flexibility index (Phi) is 4.76. The van der Waals surface area contributed by atoms with Gasteiger partial charge in [0.15, 0.2) is 11.5 Å². The molecule has 3 heterocycles. The zero-order valence-electron chi connectivity index (χ0n) is 14.7. The second kappa shape index (κ2) is 7.36. The van der Waals surface area contributed by atoms with E-state index < -0.39 is 5.25 Å². The number of anilines is 1. The first-order valence-electron chi connectivity index (χ1n) is 8.35. The maximum atomic E-state index is 12.5. The fourth-order valence-corrected chi connectivity index (χ4v) is 3.23. The number of carbonyl (C=O) groups excluding carboxylic acids is 1. The first kappa shape index (κ1) is 17.5. The molecule has 4 rings (SSSR count). The molecule has 27 heavy (non-hydrogen) atoms. The van der Waals surface area contributed by atoms with E-state index in [4.69, 9.17) is 18.3 Å². The number of hydrogen-bond donors (Lipinski definition) is 1. The number of nitrogens with zero attached hydrogens (tertiary/aromatic N) is 2. The van der Waals surface area contributed by atoms with E-state index in [-0.39, 0.29) is 5.91 Å². The van der Waals surface area contributed by atoms with Crippen LogP contribution in [-0.4, -0.2) is 34.6 Å². The lowest BCUT2D eigenvalue weighted by atomic mass is 10.2. The Morgan fingerprint density at radius 1 is 1.19 bits per heavy atom. The van der Waals surface area contributed by atoms with Crippen molar-refractivity contribution in [1.82, 2.24) is 10.2 Å². The molecule has 0 spiro atoms. The van der Waals surface area contributed by atoms with Gasteiger partial charge in [0, 0.05) is 11.8 Å². The minimum Gasteiger partial charge on any atom is -0.486 e. The van der Waals surface area contributed by atoms with Gasteiger partial charge in [0.1, 0.15) is 19.0 Å². The largest absolute Gasteiger partial charge is 0.486 e. The van der Waals surface area contributed by atoms with Gasteiger partial charge in [-0.05, 0) is 32.0 Å². The molecule has 1 atom stereocenters. The number of carbonyl (C=O) groups is 1. The topological polar surface area (TPSA) is 99.6 Å². The molecular formula is C18H17N3O5S. The molecule has 1 aliphatic heterocycles. The van der Waals surface area contributed by atoms with Gasteiger partial charge in [-0.2, -0.15) is 0 Å². The average molecular weight is 387 g/mol. The monoisotopic (exact) mass is 387 g/mol. The van der Waals surface area contributed by atoms with Crippen molar-refractivity contribution in [3.05, 3.63) is 36.3 Å². The summed E-state index contributed by atoms with van der Waals surface area (Å²) in [4.78, 5) is 12.5. The molecule has 0 saturated heterocycles. The SMILES string of the molecule is Cc1occc1-c1nnc(S[C@H](C)C(=O)Nc2ccc3c(c2)OCCO3)o1. The molecule has 1 aromatic carbocycles. The van der Waals surface area contributed by atoms with Crippen molar-refractivity contribution in [3.8, 4) is 23.0 Å². The number of furan rings is 1. The predicted molar refractivity (Wildman–Crippen MR) is 98.1 cm³/mol. The van der Waals surface area contributed by atoms with Crippen LogP contribution in [-0.2, 0) is 4.79 Å². The van der Waals surface area contributed by atoms with Crippen LogP contribution in [0.1, 0.15) is 12.7 Å². The maximum Gasteiger partial charge on any atom is 0.277 e. The van der Waals surface area contributed by atoms with Crippen LogP contribution in [0.15, 0.2) is 44.6 Å². The van der Waals surface area contributed by atoms with E-state index in [1.165, 1.54) is 11.8 Å². The number of benzene rings is 1. The summed E-state index contributed by atoms with van der Waals surface area (Å²) >= 11 is 1.18. The molecule has 1 aliphatic rings. The molecule has 140 valence electrons.